The predicted molar refractivity (Wildman–Crippen MR) is 57.6 cm³/mol. The lowest BCUT2D eigenvalue weighted by Crippen LogP contribution is -2.30. The Morgan fingerprint density at radius 2 is 2.44 bits per heavy atom. The second-order valence-electron chi connectivity index (χ2n) is 3.81. The highest BCUT2D eigenvalue weighted by atomic mass is 16.2. The van der Waals surface area contributed by atoms with Gasteiger partial charge in [-0.3, -0.25) is 14.5 Å². The molecule has 2 N–H and O–H groups in total. The van der Waals surface area contributed by atoms with Crippen molar-refractivity contribution in [1.29, 1.82) is 0 Å². The molecule has 2 amide bonds. The van der Waals surface area contributed by atoms with Crippen LogP contribution >= 0.6 is 0 Å². The first-order valence-electron chi connectivity index (χ1n) is 5.25. The Morgan fingerprint density at radius 1 is 1.69 bits per heavy atom. The van der Waals surface area contributed by atoms with Crippen molar-refractivity contribution < 1.29 is 9.59 Å². The molecule has 2 rings (SSSR count). The number of anilines is 1. The van der Waals surface area contributed by atoms with E-state index in [1.54, 1.807) is 21.8 Å². The third-order valence-electron chi connectivity index (χ3n) is 2.80. The van der Waals surface area contributed by atoms with E-state index in [1.807, 2.05) is 6.92 Å². The number of hydrogen-bond acceptors (Lipinski definition) is 3. The molecule has 1 unspecified atom stereocenters. The summed E-state index contributed by atoms with van der Waals surface area (Å²) in [5, 5.41) is 4.09. The van der Waals surface area contributed by atoms with Gasteiger partial charge in [-0.2, -0.15) is 5.10 Å². The molecule has 0 spiro atoms. The minimum Gasteiger partial charge on any atom is -0.369 e. The van der Waals surface area contributed by atoms with Crippen LogP contribution in [0.4, 0.5) is 5.82 Å². The van der Waals surface area contributed by atoms with Gasteiger partial charge in [-0.25, -0.2) is 4.68 Å². The molecule has 86 valence electrons. The molecule has 16 heavy (non-hydrogen) atoms. The smallest absolute Gasteiger partial charge is 0.229 e. The van der Waals surface area contributed by atoms with Crippen LogP contribution < -0.4 is 10.6 Å². The number of amides is 2. The van der Waals surface area contributed by atoms with Gasteiger partial charge in [-0.05, 0) is 6.92 Å². The maximum absolute atomic E-state index is 11.7. The van der Waals surface area contributed by atoms with Crippen molar-refractivity contribution in [2.75, 3.05) is 11.4 Å². The molecule has 1 fully saturated rings. The minimum atomic E-state index is -0.418. The standard InChI is InChI=1S/C10H14N4O2/c1-2-14-8(3-4-12-14)13-6-7(10(11)16)5-9(13)15/h3-4,7H,2,5-6H2,1H3,(H2,11,16). The van der Waals surface area contributed by atoms with Crippen LogP contribution in [0.3, 0.4) is 0 Å². The first kappa shape index (κ1) is 10.7. The third kappa shape index (κ3) is 1.66. The largest absolute Gasteiger partial charge is 0.369 e. The first-order valence-corrected chi connectivity index (χ1v) is 5.25. The normalized spacial score (nSPS) is 20.4. The van der Waals surface area contributed by atoms with Crippen LogP contribution in [-0.4, -0.2) is 28.1 Å². The van der Waals surface area contributed by atoms with E-state index in [9.17, 15) is 9.59 Å². The van der Waals surface area contributed by atoms with E-state index in [0.717, 1.165) is 5.82 Å². The lowest BCUT2D eigenvalue weighted by atomic mass is 10.1. The number of carbonyl (C=O) groups excluding carboxylic acids is 2. The zero-order chi connectivity index (χ0) is 11.7. The molecular weight excluding hydrogens is 208 g/mol. The highest BCUT2D eigenvalue weighted by Crippen LogP contribution is 2.24. The number of aryl methyl sites for hydroxylation is 1. The Morgan fingerprint density at radius 3 is 3.00 bits per heavy atom. The predicted octanol–water partition coefficient (Wildman–Crippen LogP) is -0.259. The Balaban J connectivity index is 2.23. The first-order chi connectivity index (χ1) is 7.63. The summed E-state index contributed by atoms with van der Waals surface area (Å²) < 4.78 is 1.72. The van der Waals surface area contributed by atoms with Gasteiger partial charge < -0.3 is 5.73 Å². The zero-order valence-electron chi connectivity index (χ0n) is 9.09. The minimum absolute atomic E-state index is 0.0704. The van der Waals surface area contributed by atoms with Crippen molar-refractivity contribution >= 4 is 17.6 Å². The molecule has 2 heterocycles. The van der Waals surface area contributed by atoms with Gasteiger partial charge in [0.15, 0.2) is 0 Å². The van der Waals surface area contributed by atoms with Crippen LogP contribution in [0.2, 0.25) is 0 Å². The van der Waals surface area contributed by atoms with Crippen molar-refractivity contribution in [3.05, 3.63) is 12.3 Å². The summed E-state index contributed by atoms with van der Waals surface area (Å²) in [6, 6.07) is 1.77. The number of rotatable bonds is 3. The van der Waals surface area contributed by atoms with Gasteiger partial charge >= 0.3 is 0 Å². The maximum Gasteiger partial charge on any atom is 0.229 e. The van der Waals surface area contributed by atoms with Gasteiger partial charge in [-0.1, -0.05) is 0 Å². The molecule has 1 aromatic rings. The monoisotopic (exact) mass is 222 g/mol. The summed E-state index contributed by atoms with van der Waals surface area (Å²) in [6.07, 6.45) is 1.84. The van der Waals surface area contributed by atoms with Crippen molar-refractivity contribution in [2.45, 2.75) is 19.9 Å². The van der Waals surface area contributed by atoms with Gasteiger partial charge in [0.05, 0.1) is 12.1 Å². The SMILES string of the molecule is CCn1nccc1N1CC(C(N)=O)CC1=O. The highest BCUT2D eigenvalue weighted by Gasteiger charge is 2.35. The number of carbonyl (C=O) groups is 2. The number of aromatic nitrogens is 2. The molecule has 1 aliphatic heterocycles. The van der Waals surface area contributed by atoms with Crippen molar-refractivity contribution in [3.8, 4) is 0 Å². The number of hydrogen-bond donors (Lipinski definition) is 1. The van der Waals surface area contributed by atoms with Crippen molar-refractivity contribution in [1.82, 2.24) is 9.78 Å². The second kappa shape index (κ2) is 3.96. The van der Waals surface area contributed by atoms with Crippen LogP contribution in [0.5, 0.6) is 0 Å². The fourth-order valence-electron chi connectivity index (χ4n) is 1.92. The summed E-state index contributed by atoms with van der Waals surface area (Å²) in [4.78, 5) is 24.3. The zero-order valence-corrected chi connectivity index (χ0v) is 9.09. The molecule has 0 aromatic carbocycles. The lowest BCUT2D eigenvalue weighted by Gasteiger charge is -2.16. The summed E-state index contributed by atoms with van der Waals surface area (Å²) in [7, 11) is 0. The maximum atomic E-state index is 11.7. The molecule has 0 radical (unpaired) electrons. The Hall–Kier alpha value is -1.85. The molecular formula is C10H14N4O2. The summed E-state index contributed by atoms with van der Waals surface area (Å²) in [6.45, 7) is 3.00. The Bertz CT molecular complexity index is 426. The quantitative estimate of drug-likeness (QED) is 0.765. The molecule has 1 aliphatic rings. The van der Waals surface area contributed by atoms with Gasteiger partial charge in [0.1, 0.15) is 5.82 Å². The van der Waals surface area contributed by atoms with Crippen LogP contribution in [0.25, 0.3) is 0 Å². The molecule has 0 saturated carbocycles. The Labute approximate surface area is 93.0 Å². The molecule has 6 nitrogen and oxygen atoms in total. The fourth-order valence-corrected chi connectivity index (χ4v) is 1.92. The van der Waals surface area contributed by atoms with Crippen LogP contribution in [-0.2, 0) is 16.1 Å². The molecule has 1 atom stereocenters. The number of nitrogens with two attached hydrogens (primary N) is 1. The van der Waals surface area contributed by atoms with Crippen molar-refractivity contribution in [3.63, 3.8) is 0 Å². The molecule has 1 saturated heterocycles. The molecule has 0 bridgehead atoms. The van der Waals surface area contributed by atoms with E-state index in [2.05, 4.69) is 5.10 Å². The Kier molecular flexibility index (Phi) is 2.64. The van der Waals surface area contributed by atoms with Gasteiger partial charge in [0.25, 0.3) is 0 Å². The van der Waals surface area contributed by atoms with Gasteiger partial charge in [0, 0.05) is 25.6 Å². The van der Waals surface area contributed by atoms with E-state index >= 15 is 0 Å². The summed E-state index contributed by atoms with van der Waals surface area (Å²) >= 11 is 0. The molecule has 0 aliphatic carbocycles. The fraction of sp³-hybridized carbons (Fsp3) is 0.500. The van der Waals surface area contributed by atoms with Crippen LogP contribution in [0, 0.1) is 5.92 Å². The summed E-state index contributed by atoms with van der Waals surface area (Å²) in [5.41, 5.74) is 5.21. The highest BCUT2D eigenvalue weighted by molar-refractivity contribution is 5.99. The molecule has 1 aromatic heterocycles. The summed E-state index contributed by atoms with van der Waals surface area (Å²) in [5.74, 6) is -0.138. The van der Waals surface area contributed by atoms with Gasteiger partial charge in [-0.15, -0.1) is 0 Å². The van der Waals surface area contributed by atoms with E-state index in [4.69, 9.17) is 5.73 Å². The van der Waals surface area contributed by atoms with Crippen molar-refractivity contribution in [2.24, 2.45) is 11.7 Å². The van der Waals surface area contributed by atoms with E-state index in [-0.39, 0.29) is 18.2 Å². The van der Waals surface area contributed by atoms with E-state index < -0.39 is 5.91 Å². The third-order valence-corrected chi connectivity index (χ3v) is 2.80. The average Bonchev–Trinajstić information content (AvgIpc) is 2.82. The van der Waals surface area contributed by atoms with E-state index in [0.29, 0.717) is 13.1 Å². The van der Waals surface area contributed by atoms with E-state index in [1.165, 1.54) is 0 Å². The second-order valence-corrected chi connectivity index (χ2v) is 3.81. The molecule has 6 heteroatoms. The van der Waals surface area contributed by atoms with Gasteiger partial charge in [0.2, 0.25) is 11.8 Å². The van der Waals surface area contributed by atoms with Crippen LogP contribution in [0.15, 0.2) is 12.3 Å². The average molecular weight is 222 g/mol. The van der Waals surface area contributed by atoms with Crippen LogP contribution in [0.1, 0.15) is 13.3 Å². The lowest BCUT2D eigenvalue weighted by molar-refractivity contribution is -0.123. The topological polar surface area (TPSA) is 81.2 Å². The number of nitrogens with zero attached hydrogens (tertiary/aromatic N) is 3. The number of primary amides is 1.